The molecule has 0 aliphatic carbocycles. The van der Waals surface area contributed by atoms with Gasteiger partial charge in [0.1, 0.15) is 5.76 Å². The Morgan fingerprint density at radius 3 is 2.82 bits per heavy atom. The Morgan fingerprint density at radius 2 is 2.36 bits per heavy atom. The maximum Gasteiger partial charge on any atom is 0.169 e. The number of nitrogens with one attached hydrogen (secondary N) is 1. The lowest BCUT2D eigenvalue weighted by atomic mass is 10.2. The molecule has 11 heavy (non-hydrogen) atoms. The lowest BCUT2D eigenvalue weighted by Crippen LogP contribution is -2.16. The Kier molecular flexibility index (Phi) is 3.15. The lowest BCUT2D eigenvalue weighted by Gasteiger charge is -2.07. The van der Waals surface area contributed by atoms with E-state index < -0.39 is 0 Å². The van der Waals surface area contributed by atoms with Gasteiger partial charge in [0.05, 0.1) is 6.04 Å². The van der Waals surface area contributed by atoms with E-state index in [0.717, 1.165) is 17.0 Å². The molecule has 62 valence electrons. The molecule has 0 aliphatic heterocycles. The van der Waals surface area contributed by atoms with Gasteiger partial charge in [-0.05, 0) is 41.5 Å². The third-order valence-electron chi connectivity index (χ3n) is 1.53. The molecule has 0 radical (unpaired) electrons. The van der Waals surface area contributed by atoms with E-state index >= 15 is 0 Å². The van der Waals surface area contributed by atoms with Gasteiger partial charge in [-0.2, -0.15) is 0 Å². The summed E-state index contributed by atoms with van der Waals surface area (Å²) in [6, 6.07) is 4.17. The van der Waals surface area contributed by atoms with Crippen LogP contribution in [0.5, 0.6) is 0 Å². The van der Waals surface area contributed by atoms with Crippen molar-refractivity contribution in [2.45, 2.75) is 19.9 Å². The first kappa shape index (κ1) is 8.81. The quantitative estimate of drug-likeness (QED) is 0.843. The summed E-state index contributed by atoms with van der Waals surface area (Å²) < 4.78 is 6.14. The Morgan fingerprint density at radius 1 is 1.64 bits per heavy atom. The molecule has 0 spiro atoms. The van der Waals surface area contributed by atoms with E-state index in [1.807, 2.05) is 12.1 Å². The first-order chi connectivity index (χ1) is 5.24. The van der Waals surface area contributed by atoms with Gasteiger partial charge >= 0.3 is 0 Å². The highest BCUT2D eigenvalue weighted by Crippen LogP contribution is 2.19. The van der Waals surface area contributed by atoms with E-state index in [9.17, 15) is 0 Å². The average Bonchev–Trinajstić information content (AvgIpc) is 2.36. The summed E-state index contributed by atoms with van der Waals surface area (Å²) in [5.74, 6) is 0.971. The highest BCUT2D eigenvalue weighted by Gasteiger charge is 2.06. The van der Waals surface area contributed by atoms with Gasteiger partial charge in [-0.15, -0.1) is 0 Å². The predicted molar refractivity (Wildman–Crippen MR) is 48.5 cm³/mol. The van der Waals surface area contributed by atoms with Gasteiger partial charge in [-0.1, -0.05) is 6.92 Å². The predicted octanol–water partition coefficient (Wildman–Crippen LogP) is 2.71. The molecule has 2 nitrogen and oxygen atoms in total. The van der Waals surface area contributed by atoms with Crippen LogP contribution in [0.2, 0.25) is 0 Å². The molecule has 0 aliphatic rings. The van der Waals surface area contributed by atoms with Crippen LogP contribution in [0.25, 0.3) is 0 Å². The van der Waals surface area contributed by atoms with E-state index in [4.69, 9.17) is 4.42 Å². The Labute approximate surface area is 75.1 Å². The van der Waals surface area contributed by atoms with Crippen LogP contribution >= 0.6 is 15.9 Å². The van der Waals surface area contributed by atoms with E-state index in [2.05, 4.69) is 35.1 Å². The lowest BCUT2D eigenvalue weighted by molar-refractivity contribution is 0.424. The summed E-state index contributed by atoms with van der Waals surface area (Å²) in [5.41, 5.74) is 0. The van der Waals surface area contributed by atoms with Crippen LogP contribution in [0.1, 0.15) is 25.6 Å². The van der Waals surface area contributed by atoms with Gasteiger partial charge in [0.15, 0.2) is 4.67 Å². The normalized spacial score (nSPS) is 13.4. The van der Waals surface area contributed by atoms with Gasteiger partial charge in [-0.25, -0.2) is 0 Å². The third-order valence-corrected chi connectivity index (χ3v) is 1.96. The van der Waals surface area contributed by atoms with Crippen molar-refractivity contribution in [1.82, 2.24) is 5.32 Å². The zero-order valence-electron chi connectivity index (χ0n) is 6.73. The fourth-order valence-electron chi connectivity index (χ4n) is 0.968. The van der Waals surface area contributed by atoms with Crippen molar-refractivity contribution in [3.8, 4) is 0 Å². The minimum Gasteiger partial charge on any atom is -0.453 e. The van der Waals surface area contributed by atoms with Crippen molar-refractivity contribution in [2.24, 2.45) is 0 Å². The maximum atomic E-state index is 5.35. The SMILES string of the molecule is CCNC(C)c1ccc(Br)o1. The average molecular weight is 218 g/mol. The van der Waals surface area contributed by atoms with Crippen LogP contribution in [0, 0.1) is 0 Å². The summed E-state index contributed by atoms with van der Waals surface area (Å²) in [5, 5.41) is 3.26. The minimum atomic E-state index is 0.297. The van der Waals surface area contributed by atoms with Crippen molar-refractivity contribution in [2.75, 3.05) is 6.54 Å². The Balaban J connectivity index is 2.60. The minimum absolute atomic E-state index is 0.297. The second-order valence-electron chi connectivity index (χ2n) is 2.42. The number of furan rings is 1. The van der Waals surface area contributed by atoms with Gasteiger partial charge in [0.25, 0.3) is 0 Å². The molecule has 1 heterocycles. The van der Waals surface area contributed by atoms with Crippen molar-refractivity contribution < 1.29 is 4.42 Å². The topological polar surface area (TPSA) is 25.2 Å². The molecule has 0 fully saturated rings. The Bertz CT molecular complexity index is 222. The van der Waals surface area contributed by atoms with Crippen LogP contribution in [0.3, 0.4) is 0 Å². The molecule has 1 rings (SSSR count). The molecule has 1 aromatic rings. The van der Waals surface area contributed by atoms with Crippen LogP contribution in [-0.4, -0.2) is 6.54 Å². The Hall–Kier alpha value is -0.280. The van der Waals surface area contributed by atoms with Crippen LogP contribution < -0.4 is 5.32 Å². The molecule has 0 saturated carbocycles. The summed E-state index contributed by atoms with van der Waals surface area (Å²) in [6.45, 7) is 5.11. The van der Waals surface area contributed by atoms with Crippen LogP contribution in [0.4, 0.5) is 0 Å². The molecule has 1 atom stereocenters. The van der Waals surface area contributed by atoms with Gasteiger partial charge < -0.3 is 9.73 Å². The molecule has 1 unspecified atom stereocenters. The summed E-state index contributed by atoms with van der Waals surface area (Å²) in [4.78, 5) is 0. The van der Waals surface area contributed by atoms with Crippen molar-refractivity contribution in [1.29, 1.82) is 0 Å². The van der Waals surface area contributed by atoms with Gasteiger partial charge in [-0.3, -0.25) is 0 Å². The van der Waals surface area contributed by atoms with E-state index in [1.54, 1.807) is 0 Å². The third kappa shape index (κ3) is 2.34. The molecule has 0 bridgehead atoms. The summed E-state index contributed by atoms with van der Waals surface area (Å²) in [7, 11) is 0. The number of rotatable bonds is 3. The number of halogens is 1. The molecule has 3 heteroatoms. The maximum absolute atomic E-state index is 5.35. The zero-order valence-corrected chi connectivity index (χ0v) is 8.31. The summed E-state index contributed by atoms with van der Waals surface area (Å²) >= 11 is 3.26. The smallest absolute Gasteiger partial charge is 0.169 e. The van der Waals surface area contributed by atoms with E-state index in [-0.39, 0.29) is 0 Å². The molecule has 1 N–H and O–H groups in total. The van der Waals surface area contributed by atoms with Gasteiger partial charge in [0.2, 0.25) is 0 Å². The highest BCUT2D eigenvalue weighted by molar-refractivity contribution is 9.10. The molecule has 0 amide bonds. The molecule has 0 saturated heterocycles. The second kappa shape index (κ2) is 3.93. The van der Waals surface area contributed by atoms with E-state index in [0.29, 0.717) is 6.04 Å². The first-order valence-electron chi connectivity index (χ1n) is 3.72. The van der Waals surface area contributed by atoms with Crippen LogP contribution in [0.15, 0.2) is 21.2 Å². The number of hydrogen-bond acceptors (Lipinski definition) is 2. The zero-order chi connectivity index (χ0) is 8.27. The van der Waals surface area contributed by atoms with Crippen molar-refractivity contribution in [3.63, 3.8) is 0 Å². The monoisotopic (exact) mass is 217 g/mol. The fraction of sp³-hybridized carbons (Fsp3) is 0.500. The van der Waals surface area contributed by atoms with Crippen molar-refractivity contribution >= 4 is 15.9 Å². The highest BCUT2D eigenvalue weighted by atomic mass is 79.9. The second-order valence-corrected chi connectivity index (χ2v) is 3.20. The van der Waals surface area contributed by atoms with E-state index in [1.165, 1.54) is 0 Å². The number of hydrogen-bond donors (Lipinski definition) is 1. The largest absolute Gasteiger partial charge is 0.453 e. The van der Waals surface area contributed by atoms with Gasteiger partial charge in [0, 0.05) is 0 Å². The first-order valence-corrected chi connectivity index (χ1v) is 4.52. The molecular formula is C8H12BrNO. The van der Waals surface area contributed by atoms with Crippen molar-refractivity contribution in [3.05, 3.63) is 22.6 Å². The molecular weight excluding hydrogens is 206 g/mol. The van der Waals surface area contributed by atoms with Crippen LogP contribution in [-0.2, 0) is 0 Å². The summed E-state index contributed by atoms with van der Waals surface area (Å²) in [6.07, 6.45) is 0. The molecule has 1 aromatic heterocycles. The standard InChI is InChI=1S/C8H12BrNO/c1-3-10-6(2)7-4-5-8(9)11-7/h4-6,10H,3H2,1-2H3. The fourth-order valence-corrected chi connectivity index (χ4v) is 1.29. The molecule has 0 aromatic carbocycles.